The van der Waals surface area contributed by atoms with Crippen molar-refractivity contribution in [3.05, 3.63) is 38.8 Å². The first-order valence-electron chi connectivity index (χ1n) is 6.36. The quantitative estimate of drug-likeness (QED) is 0.541. The Morgan fingerprint density at radius 3 is 2.24 bits per heavy atom. The molecule has 0 saturated heterocycles. The first-order valence-corrected chi connectivity index (χ1v) is 7.95. The standard InChI is InChI=1S/C16H13Br2NO2/c1-8-10-6-14(20-2)15(21-3)7-13(10)19-16-11(8)4-9(17)5-12(16)18/h4-7H,1-3H3. The van der Waals surface area contributed by atoms with E-state index in [0.29, 0.717) is 11.5 Å². The predicted octanol–water partition coefficient (Wildman–Crippen LogP) is 5.24. The smallest absolute Gasteiger partial charge is 0.162 e. The monoisotopic (exact) mass is 409 g/mol. The number of halogens is 2. The molecule has 0 amide bonds. The summed E-state index contributed by atoms with van der Waals surface area (Å²) < 4.78 is 12.7. The van der Waals surface area contributed by atoms with Crippen LogP contribution in [0.3, 0.4) is 0 Å². The number of hydrogen-bond acceptors (Lipinski definition) is 3. The van der Waals surface area contributed by atoms with Gasteiger partial charge in [-0.15, -0.1) is 0 Å². The van der Waals surface area contributed by atoms with E-state index in [4.69, 9.17) is 14.5 Å². The highest BCUT2D eigenvalue weighted by Crippen LogP contribution is 2.37. The van der Waals surface area contributed by atoms with Gasteiger partial charge in [0.25, 0.3) is 0 Å². The van der Waals surface area contributed by atoms with E-state index >= 15 is 0 Å². The van der Waals surface area contributed by atoms with Gasteiger partial charge in [-0.05, 0) is 46.6 Å². The van der Waals surface area contributed by atoms with Crippen molar-refractivity contribution in [1.29, 1.82) is 0 Å². The normalized spacial score (nSPS) is 11.1. The molecule has 0 aliphatic heterocycles. The van der Waals surface area contributed by atoms with Crippen molar-refractivity contribution in [1.82, 2.24) is 4.98 Å². The Morgan fingerprint density at radius 2 is 1.57 bits per heavy atom. The minimum Gasteiger partial charge on any atom is -0.493 e. The fraction of sp³-hybridized carbons (Fsp3) is 0.188. The molecule has 0 unspecified atom stereocenters. The number of fused-ring (bicyclic) bond motifs is 2. The number of rotatable bonds is 2. The summed E-state index contributed by atoms with van der Waals surface area (Å²) in [6.45, 7) is 2.09. The lowest BCUT2D eigenvalue weighted by Crippen LogP contribution is -1.94. The molecule has 1 heterocycles. The largest absolute Gasteiger partial charge is 0.493 e. The number of aryl methyl sites for hydroxylation is 1. The Bertz CT molecular complexity index is 862. The summed E-state index contributed by atoms with van der Waals surface area (Å²) >= 11 is 7.11. The highest BCUT2D eigenvalue weighted by Gasteiger charge is 2.13. The van der Waals surface area contributed by atoms with Crippen LogP contribution >= 0.6 is 31.9 Å². The zero-order valence-electron chi connectivity index (χ0n) is 11.8. The molecule has 0 N–H and O–H groups in total. The molecule has 0 aliphatic rings. The lowest BCUT2D eigenvalue weighted by molar-refractivity contribution is 0.356. The number of nitrogens with zero attached hydrogens (tertiary/aromatic N) is 1. The van der Waals surface area contributed by atoms with Crippen molar-refractivity contribution >= 4 is 53.7 Å². The van der Waals surface area contributed by atoms with Crippen LogP contribution in [-0.4, -0.2) is 19.2 Å². The van der Waals surface area contributed by atoms with Crippen LogP contribution in [0, 0.1) is 6.92 Å². The van der Waals surface area contributed by atoms with Gasteiger partial charge in [0.15, 0.2) is 11.5 Å². The van der Waals surface area contributed by atoms with Gasteiger partial charge in [-0.1, -0.05) is 15.9 Å². The van der Waals surface area contributed by atoms with Crippen LogP contribution in [0.4, 0.5) is 0 Å². The molecule has 108 valence electrons. The number of hydrogen-bond donors (Lipinski definition) is 0. The van der Waals surface area contributed by atoms with Crippen molar-refractivity contribution in [2.45, 2.75) is 6.92 Å². The number of methoxy groups -OCH3 is 2. The lowest BCUT2D eigenvalue weighted by Gasteiger charge is -2.13. The van der Waals surface area contributed by atoms with Gasteiger partial charge < -0.3 is 9.47 Å². The third-order valence-corrected chi connectivity index (χ3v) is 4.63. The minimum absolute atomic E-state index is 0.685. The van der Waals surface area contributed by atoms with Crippen LogP contribution < -0.4 is 9.47 Å². The summed E-state index contributed by atoms with van der Waals surface area (Å²) in [5.74, 6) is 1.40. The van der Waals surface area contributed by atoms with Gasteiger partial charge in [-0.3, -0.25) is 0 Å². The maximum atomic E-state index is 5.39. The van der Waals surface area contributed by atoms with Crippen molar-refractivity contribution in [3.63, 3.8) is 0 Å². The van der Waals surface area contributed by atoms with Gasteiger partial charge >= 0.3 is 0 Å². The van der Waals surface area contributed by atoms with Gasteiger partial charge in [0.05, 0.1) is 25.3 Å². The van der Waals surface area contributed by atoms with E-state index in [9.17, 15) is 0 Å². The second-order valence-electron chi connectivity index (χ2n) is 4.74. The molecule has 21 heavy (non-hydrogen) atoms. The highest BCUT2D eigenvalue weighted by molar-refractivity contribution is 9.11. The molecule has 0 atom stereocenters. The molecule has 0 bridgehead atoms. The maximum absolute atomic E-state index is 5.39. The van der Waals surface area contributed by atoms with Crippen molar-refractivity contribution in [2.75, 3.05) is 14.2 Å². The molecule has 2 aromatic carbocycles. The molecule has 0 saturated carbocycles. The van der Waals surface area contributed by atoms with Gasteiger partial charge in [0.1, 0.15) is 0 Å². The summed E-state index contributed by atoms with van der Waals surface area (Å²) in [6, 6.07) is 7.97. The topological polar surface area (TPSA) is 31.4 Å². The van der Waals surface area contributed by atoms with E-state index in [1.165, 1.54) is 0 Å². The Hall–Kier alpha value is -1.33. The number of benzene rings is 2. The molecule has 0 radical (unpaired) electrons. The van der Waals surface area contributed by atoms with Gasteiger partial charge in [0, 0.05) is 25.8 Å². The molecule has 3 nitrogen and oxygen atoms in total. The van der Waals surface area contributed by atoms with Crippen LogP contribution in [0.5, 0.6) is 11.5 Å². The molecular formula is C16H13Br2NO2. The highest BCUT2D eigenvalue weighted by atomic mass is 79.9. The summed E-state index contributed by atoms with van der Waals surface area (Å²) in [4.78, 5) is 4.76. The molecule has 3 rings (SSSR count). The molecule has 5 heteroatoms. The van der Waals surface area contributed by atoms with E-state index in [1.54, 1.807) is 14.2 Å². The predicted molar refractivity (Wildman–Crippen MR) is 92.5 cm³/mol. The number of aromatic nitrogens is 1. The molecule has 0 spiro atoms. The first kappa shape index (κ1) is 14.6. The van der Waals surface area contributed by atoms with Gasteiger partial charge in [-0.25, -0.2) is 4.98 Å². The SMILES string of the molecule is COc1cc2nc3c(Br)cc(Br)cc3c(C)c2cc1OC. The Morgan fingerprint density at radius 1 is 0.905 bits per heavy atom. The Balaban J connectivity index is 2.47. The average Bonchev–Trinajstić information content (AvgIpc) is 2.47. The Labute approximate surface area is 139 Å². The molecule has 3 aromatic rings. The van der Waals surface area contributed by atoms with E-state index in [0.717, 1.165) is 36.3 Å². The fourth-order valence-electron chi connectivity index (χ4n) is 2.49. The zero-order chi connectivity index (χ0) is 15.1. The van der Waals surface area contributed by atoms with Crippen LogP contribution in [0.15, 0.2) is 33.2 Å². The fourth-order valence-corrected chi connectivity index (χ4v) is 3.81. The molecule has 0 aliphatic carbocycles. The van der Waals surface area contributed by atoms with E-state index < -0.39 is 0 Å². The summed E-state index contributed by atoms with van der Waals surface area (Å²) in [6.07, 6.45) is 0. The Kier molecular flexibility index (Phi) is 3.80. The zero-order valence-corrected chi connectivity index (χ0v) is 15.0. The second-order valence-corrected chi connectivity index (χ2v) is 6.51. The third kappa shape index (κ3) is 2.38. The summed E-state index contributed by atoms with van der Waals surface area (Å²) in [5.41, 5.74) is 2.99. The maximum Gasteiger partial charge on any atom is 0.162 e. The van der Waals surface area contributed by atoms with E-state index in [1.807, 2.05) is 18.2 Å². The first-order chi connectivity index (χ1) is 10.0. The van der Waals surface area contributed by atoms with Crippen LogP contribution in [0.25, 0.3) is 21.8 Å². The van der Waals surface area contributed by atoms with Crippen LogP contribution in [0.2, 0.25) is 0 Å². The molecular weight excluding hydrogens is 398 g/mol. The van der Waals surface area contributed by atoms with Gasteiger partial charge in [-0.2, -0.15) is 0 Å². The number of ether oxygens (including phenoxy) is 2. The van der Waals surface area contributed by atoms with Crippen LogP contribution in [0.1, 0.15) is 5.56 Å². The van der Waals surface area contributed by atoms with Crippen LogP contribution in [-0.2, 0) is 0 Å². The molecule has 1 aromatic heterocycles. The molecule has 0 fully saturated rings. The van der Waals surface area contributed by atoms with Gasteiger partial charge in [0.2, 0.25) is 0 Å². The van der Waals surface area contributed by atoms with E-state index in [-0.39, 0.29) is 0 Å². The third-order valence-electron chi connectivity index (χ3n) is 3.57. The minimum atomic E-state index is 0.685. The number of pyridine rings is 1. The lowest BCUT2D eigenvalue weighted by atomic mass is 10.0. The van der Waals surface area contributed by atoms with Crippen molar-refractivity contribution in [2.24, 2.45) is 0 Å². The summed E-state index contributed by atoms with van der Waals surface area (Å²) in [7, 11) is 3.27. The van der Waals surface area contributed by atoms with Crippen molar-refractivity contribution < 1.29 is 9.47 Å². The second kappa shape index (κ2) is 5.46. The van der Waals surface area contributed by atoms with E-state index in [2.05, 4.69) is 44.8 Å². The summed E-state index contributed by atoms with van der Waals surface area (Å²) in [5, 5.41) is 2.17. The van der Waals surface area contributed by atoms with Crippen molar-refractivity contribution in [3.8, 4) is 11.5 Å². The average molecular weight is 411 g/mol.